The van der Waals surface area contributed by atoms with Gasteiger partial charge >= 0.3 is 0 Å². The van der Waals surface area contributed by atoms with Crippen molar-refractivity contribution in [2.75, 3.05) is 13.1 Å². The molecule has 0 unspecified atom stereocenters. The zero-order valence-electron chi connectivity index (χ0n) is 13.3. The molecule has 0 radical (unpaired) electrons. The van der Waals surface area contributed by atoms with Crippen LogP contribution in [0.3, 0.4) is 0 Å². The maximum absolute atomic E-state index is 10.2. The number of likely N-dealkylation sites (tertiary alicyclic amines) is 1. The van der Waals surface area contributed by atoms with Gasteiger partial charge in [0.05, 0.1) is 12.3 Å². The van der Waals surface area contributed by atoms with Gasteiger partial charge in [-0.05, 0) is 25.7 Å². The van der Waals surface area contributed by atoms with Crippen molar-refractivity contribution in [3.8, 4) is 0 Å². The van der Waals surface area contributed by atoms with Crippen molar-refractivity contribution in [3.05, 3.63) is 24.5 Å². The molecule has 2 heterocycles. The fourth-order valence-corrected chi connectivity index (χ4v) is 3.78. The van der Waals surface area contributed by atoms with Crippen molar-refractivity contribution in [1.29, 1.82) is 0 Å². The number of hydrogen-bond donors (Lipinski definition) is 2. The average Bonchev–Trinajstić information content (AvgIpc) is 3.02. The van der Waals surface area contributed by atoms with Gasteiger partial charge in [0.1, 0.15) is 0 Å². The minimum Gasteiger partial charge on any atom is -0.391 e. The molecule has 0 bridgehead atoms. The lowest BCUT2D eigenvalue weighted by molar-refractivity contribution is 0.00714. The molecule has 2 N–H and O–H groups in total. The Hall–Kier alpha value is -1.17. The third-order valence-corrected chi connectivity index (χ3v) is 5.13. The van der Waals surface area contributed by atoms with E-state index < -0.39 is 0 Å². The van der Waals surface area contributed by atoms with Gasteiger partial charge < -0.3 is 10.4 Å². The van der Waals surface area contributed by atoms with Gasteiger partial charge in [0.25, 0.3) is 0 Å². The normalized spacial score (nSPS) is 27.9. The molecule has 3 rings (SSSR count). The molecule has 0 aromatic carbocycles. The van der Waals surface area contributed by atoms with Crippen molar-refractivity contribution in [2.24, 2.45) is 0 Å². The van der Waals surface area contributed by atoms with E-state index in [2.05, 4.69) is 21.9 Å². The van der Waals surface area contributed by atoms with Gasteiger partial charge in [-0.1, -0.05) is 19.4 Å². The molecule has 5 heteroatoms. The fourth-order valence-electron chi connectivity index (χ4n) is 3.78. The zero-order chi connectivity index (χ0) is 15.4. The molecule has 0 spiro atoms. The van der Waals surface area contributed by atoms with Crippen LogP contribution in [0.25, 0.3) is 6.20 Å². The van der Waals surface area contributed by atoms with Crippen LogP contribution in [0.5, 0.6) is 0 Å². The van der Waals surface area contributed by atoms with Crippen LogP contribution in [0, 0.1) is 0 Å². The Morgan fingerprint density at radius 3 is 2.73 bits per heavy atom. The van der Waals surface area contributed by atoms with E-state index in [4.69, 9.17) is 0 Å². The lowest BCUT2D eigenvalue weighted by Crippen LogP contribution is -2.51. The molecule has 5 nitrogen and oxygen atoms in total. The van der Waals surface area contributed by atoms with Gasteiger partial charge in [0.15, 0.2) is 0 Å². The number of piperidine rings is 1. The van der Waals surface area contributed by atoms with Gasteiger partial charge in [-0.25, -0.2) is 4.68 Å². The number of aliphatic hydroxyl groups is 1. The maximum atomic E-state index is 10.2. The second-order valence-electron chi connectivity index (χ2n) is 6.62. The first-order valence-electron chi connectivity index (χ1n) is 8.57. The summed E-state index contributed by atoms with van der Waals surface area (Å²) in [6.07, 6.45) is 12.4. The molecule has 1 aromatic heterocycles. The van der Waals surface area contributed by atoms with E-state index in [0.717, 1.165) is 26.1 Å². The topological polar surface area (TPSA) is 53.3 Å². The number of nitrogens with one attached hydrogen (secondary N) is 1. The van der Waals surface area contributed by atoms with Gasteiger partial charge in [0.2, 0.25) is 0 Å². The smallest absolute Gasteiger partial charge is 0.0695 e. The molecule has 1 aliphatic heterocycles. The van der Waals surface area contributed by atoms with Gasteiger partial charge in [-0.3, -0.25) is 4.90 Å². The van der Waals surface area contributed by atoms with Crippen molar-refractivity contribution >= 4 is 6.20 Å². The van der Waals surface area contributed by atoms with Crippen LogP contribution in [0.1, 0.15) is 44.1 Å². The highest BCUT2D eigenvalue weighted by molar-refractivity contribution is 5.17. The molecule has 0 amide bonds. The fraction of sp³-hybridized carbons (Fsp3) is 0.706. The monoisotopic (exact) mass is 304 g/mol. The molecule has 2 aliphatic rings. The Morgan fingerprint density at radius 1 is 1.27 bits per heavy atom. The van der Waals surface area contributed by atoms with Crippen LogP contribution < -0.4 is 5.32 Å². The maximum Gasteiger partial charge on any atom is 0.0695 e. The second kappa shape index (κ2) is 7.40. The van der Waals surface area contributed by atoms with Crippen molar-refractivity contribution < 1.29 is 5.11 Å². The van der Waals surface area contributed by atoms with Gasteiger partial charge in [-0.15, -0.1) is 0 Å². The first-order chi connectivity index (χ1) is 10.8. The molecule has 1 saturated heterocycles. The lowest BCUT2D eigenvalue weighted by atomic mass is 9.89. The number of rotatable bonds is 5. The number of nitrogens with zero attached hydrogens (tertiary/aromatic N) is 3. The van der Waals surface area contributed by atoms with E-state index in [0.29, 0.717) is 12.1 Å². The van der Waals surface area contributed by atoms with E-state index in [1.54, 1.807) is 10.9 Å². The molecule has 2 atom stereocenters. The van der Waals surface area contributed by atoms with E-state index in [1.807, 2.05) is 12.4 Å². The predicted octanol–water partition coefficient (Wildman–Crippen LogP) is 1.84. The predicted molar refractivity (Wildman–Crippen MR) is 88.3 cm³/mol. The Bertz CT molecular complexity index is 479. The summed E-state index contributed by atoms with van der Waals surface area (Å²) in [5.74, 6) is 0. The number of aliphatic hydroxyl groups excluding tert-OH is 1. The van der Waals surface area contributed by atoms with Crippen LogP contribution in [0.15, 0.2) is 19.0 Å². The molecule has 22 heavy (non-hydrogen) atoms. The number of aromatic nitrogens is 2. The minimum atomic E-state index is -0.108. The van der Waals surface area contributed by atoms with Crippen LogP contribution >= 0.6 is 0 Å². The highest BCUT2D eigenvalue weighted by Crippen LogP contribution is 2.25. The van der Waals surface area contributed by atoms with Crippen LogP contribution in [0.2, 0.25) is 0 Å². The van der Waals surface area contributed by atoms with E-state index >= 15 is 0 Å². The van der Waals surface area contributed by atoms with E-state index in [1.165, 1.54) is 37.7 Å². The van der Waals surface area contributed by atoms with Crippen LogP contribution in [-0.2, 0) is 6.54 Å². The average molecular weight is 304 g/mol. The third-order valence-electron chi connectivity index (χ3n) is 5.13. The molecular formula is C17H28N4O. The largest absolute Gasteiger partial charge is 0.391 e. The summed E-state index contributed by atoms with van der Waals surface area (Å²) in [4.78, 5) is 2.51. The molecule has 2 fully saturated rings. The van der Waals surface area contributed by atoms with Crippen molar-refractivity contribution in [1.82, 2.24) is 20.0 Å². The Labute approximate surface area is 133 Å². The quantitative estimate of drug-likeness (QED) is 0.871. The van der Waals surface area contributed by atoms with E-state index in [-0.39, 0.29) is 6.10 Å². The second-order valence-corrected chi connectivity index (χ2v) is 6.62. The standard InChI is InChI=1S/C17H28N4O/c1-2-21-13-14(12-19-21)11-18-15-7-9-20(10-8-15)16-5-3-4-6-17(16)22/h2,12-13,15-18,22H,1,3-11H2/t16-,17+/m1/s1. The summed E-state index contributed by atoms with van der Waals surface area (Å²) in [5, 5.41) is 18.0. The molecule has 1 aliphatic carbocycles. The summed E-state index contributed by atoms with van der Waals surface area (Å²) < 4.78 is 1.74. The SMILES string of the molecule is C=Cn1cc(CNC2CCN([C@@H]3CCCC[C@@H]3O)CC2)cn1. The Balaban J connectivity index is 1.42. The van der Waals surface area contributed by atoms with Crippen molar-refractivity contribution in [2.45, 2.75) is 63.3 Å². The first-order valence-corrected chi connectivity index (χ1v) is 8.57. The lowest BCUT2D eigenvalue weighted by Gasteiger charge is -2.41. The Morgan fingerprint density at radius 2 is 2.05 bits per heavy atom. The summed E-state index contributed by atoms with van der Waals surface area (Å²) in [7, 11) is 0. The highest BCUT2D eigenvalue weighted by atomic mass is 16.3. The van der Waals surface area contributed by atoms with E-state index in [9.17, 15) is 5.11 Å². The zero-order valence-corrected chi connectivity index (χ0v) is 13.3. The van der Waals surface area contributed by atoms with Crippen LogP contribution in [-0.4, -0.2) is 51.1 Å². The summed E-state index contributed by atoms with van der Waals surface area (Å²) in [5.41, 5.74) is 1.20. The molecule has 1 aromatic rings. The van der Waals surface area contributed by atoms with Crippen LogP contribution in [0.4, 0.5) is 0 Å². The summed E-state index contributed by atoms with van der Waals surface area (Å²) in [6, 6.07) is 0.976. The molecular weight excluding hydrogens is 276 g/mol. The third kappa shape index (κ3) is 3.77. The van der Waals surface area contributed by atoms with Crippen molar-refractivity contribution in [3.63, 3.8) is 0 Å². The molecule has 1 saturated carbocycles. The summed E-state index contributed by atoms with van der Waals surface area (Å²) in [6.45, 7) is 6.78. The summed E-state index contributed by atoms with van der Waals surface area (Å²) >= 11 is 0. The molecule has 122 valence electrons. The highest BCUT2D eigenvalue weighted by Gasteiger charge is 2.31. The van der Waals surface area contributed by atoms with Gasteiger partial charge in [-0.2, -0.15) is 5.10 Å². The minimum absolute atomic E-state index is 0.108. The first kappa shape index (κ1) is 15.7. The van der Waals surface area contributed by atoms with Gasteiger partial charge in [0, 0.05) is 49.7 Å². The number of hydrogen-bond acceptors (Lipinski definition) is 4. The Kier molecular flexibility index (Phi) is 5.28.